The number of carbonyl (C=O) groups excluding carboxylic acids is 6. The van der Waals surface area contributed by atoms with Crippen molar-refractivity contribution < 1.29 is 63.1 Å². The topological polar surface area (TPSA) is 369 Å². The summed E-state index contributed by atoms with van der Waals surface area (Å²) < 4.78 is 11.3. The maximum absolute atomic E-state index is 14.4. The Morgan fingerprint density at radius 2 is 1.41 bits per heavy atom. The Balaban J connectivity index is 1.04. The fourth-order valence-corrected chi connectivity index (χ4v) is 15.6. The molecule has 0 radical (unpaired) electrons. The number of aliphatic hydroxyl groups is 1. The van der Waals surface area contributed by atoms with E-state index in [0.29, 0.717) is 94.4 Å². The number of amides is 6. The van der Waals surface area contributed by atoms with Crippen LogP contribution in [0.25, 0.3) is 43.4 Å². The number of nitrogens with one attached hydrogen (secondary N) is 5. The number of aromatic nitrogens is 7. The van der Waals surface area contributed by atoms with Crippen molar-refractivity contribution in [3.63, 3.8) is 0 Å². The number of ether oxygens (including phenoxy) is 2. The molecule has 7 aromatic heterocycles. The SMILES string of the molecule is CNC(=O)C[C@@H]1NC(=O)c2csc(n2)-c2ccc(-c3nc(N(CCCC(=O)O)C(=O)O[C@H]4CC[C@H](C(=O)O)CC4)cs3)nc2-c2csc(n2)-c2csc(n2)[C@H]([C@@H](O)c2ccccc2)NC(=O)CNC(=O)c2nc(sc2COC)[C@H](C(C)C)NC(=O)c2nc1sc2C. The minimum atomic E-state index is -1.31. The number of fused-ring (bicyclic) bond motifs is 14. The Kier molecular flexibility index (Phi) is 21.1. The first-order valence-corrected chi connectivity index (χ1v) is 33.8. The number of thiazole rings is 6. The second kappa shape index (κ2) is 29.3. The molecule has 476 valence electrons. The normalized spacial score (nSPS) is 18.5. The minimum Gasteiger partial charge on any atom is -0.481 e. The van der Waals surface area contributed by atoms with Gasteiger partial charge in [0, 0.05) is 59.1 Å². The largest absolute Gasteiger partial charge is 0.481 e. The van der Waals surface area contributed by atoms with Gasteiger partial charge in [-0.3, -0.25) is 38.5 Å². The number of carboxylic acid groups (broad SMARTS) is 2. The van der Waals surface area contributed by atoms with Crippen molar-refractivity contribution in [2.24, 2.45) is 11.8 Å². The number of carboxylic acids is 2. The molecular formula is C59H61N13O13S6. The van der Waals surface area contributed by atoms with E-state index in [0.717, 1.165) is 56.7 Å². The maximum Gasteiger partial charge on any atom is 0.415 e. The number of hydrogen-bond donors (Lipinski definition) is 8. The lowest BCUT2D eigenvalue weighted by Gasteiger charge is -2.28. The number of carbonyl (C=O) groups is 8. The van der Waals surface area contributed by atoms with Crippen molar-refractivity contribution in [3.8, 4) is 43.4 Å². The number of pyridine rings is 1. The molecule has 8 N–H and O–H groups in total. The molecule has 1 saturated carbocycles. The van der Waals surface area contributed by atoms with Crippen LogP contribution < -0.4 is 31.5 Å². The van der Waals surface area contributed by atoms with Gasteiger partial charge < -0.3 is 51.4 Å². The third-order valence-corrected chi connectivity index (χ3v) is 20.5. The molecule has 6 amide bonds. The highest BCUT2D eigenvalue weighted by molar-refractivity contribution is 7.15. The molecule has 1 fully saturated rings. The maximum atomic E-state index is 14.4. The third kappa shape index (κ3) is 15.5. The van der Waals surface area contributed by atoms with Gasteiger partial charge in [-0.2, -0.15) is 0 Å². The standard InChI is InChI=1S/C59H61N13O13S6/c1-27(2)43-57-71-46(38(91-57)22-84-5)50(79)61-21-41(74)68-47(48(77)29-10-7-6-8-11-29)56-66-37(25-88-56)54-64-35(23-87-54)45-32(52-65-36(24-86-52)49(78)63-34(20-40(73)60-4)55-70-44(28(3)90-55)51(80)69-43)17-18-33(62-45)53-67-39(26-89-53)72(19-9-12-42(75)76)59(83)85-31-15-13-30(14-16-31)58(81)82/h6-8,10-11,17-18,23-27,30-31,34,43,47-48,77H,9,12-16,19-22H2,1-5H3,(H,60,73)(H,61,79)(H,63,78)(H,68,74)(H,69,80)(H,75,76)(H,81,82)/t30-,31-,34-,43-,47-,48-/m0/s1. The van der Waals surface area contributed by atoms with E-state index in [9.17, 15) is 53.7 Å². The number of benzene rings is 1. The lowest BCUT2D eigenvalue weighted by Crippen LogP contribution is -2.40. The van der Waals surface area contributed by atoms with Crippen LogP contribution in [0.4, 0.5) is 10.6 Å². The van der Waals surface area contributed by atoms with Gasteiger partial charge in [0.25, 0.3) is 17.7 Å². The number of aryl methyl sites for hydroxylation is 1. The molecule has 32 heteroatoms. The van der Waals surface area contributed by atoms with E-state index in [2.05, 4.69) is 26.6 Å². The first kappa shape index (κ1) is 65.6. The van der Waals surface area contributed by atoms with Crippen molar-refractivity contribution in [2.45, 2.75) is 103 Å². The van der Waals surface area contributed by atoms with Crippen molar-refractivity contribution in [1.82, 2.24) is 61.5 Å². The van der Waals surface area contributed by atoms with Gasteiger partial charge in [0.1, 0.15) is 88.3 Å². The Morgan fingerprint density at radius 1 is 0.703 bits per heavy atom. The molecule has 91 heavy (non-hydrogen) atoms. The number of hydrogen-bond acceptors (Lipinski definition) is 24. The van der Waals surface area contributed by atoms with Gasteiger partial charge in [-0.15, -0.1) is 68.0 Å². The highest BCUT2D eigenvalue weighted by Crippen LogP contribution is 2.41. The molecule has 8 aromatic rings. The predicted octanol–water partition coefficient (Wildman–Crippen LogP) is 8.76. The van der Waals surface area contributed by atoms with E-state index in [-0.39, 0.29) is 66.2 Å². The van der Waals surface area contributed by atoms with Crippen molar-refractivity contribution in [3.05, 3.63) is 111 Å². The fraction of sp³-hybridized carbons (Fsp3) is 0.373. The van der Waals surface area contributed by atoms with Crippen LogP contribution in [0, 0.1) is 18.8 Å². The van der Waals surface area contributed by atoms with Crippen LogP contribution in [-0.2, 0) is 35.3 Å². The summed E-state index contributed by atoms with van der Waals surface area (Å²) in [5, 5.41) is 53.8. The second-order valence-electron chi connectivity index (χ2n) is 21.5. The molecule has 0 unspecified atom stereocenters. The number of anilines is 1. The summed E-state index contributed by atoms with van der Waals surface area (Å²) in [6, 6.07) is 9.23. The van der Waals surface area contributed by atoms with Crippen LogP contribution in [0.1, 0.15) is 145 Å². The van der Waals surface area contributed by atoms with Gasteiger partial charge in [-0.1, -0.05) is 44.2 Å². The fourth-order valence-electron chi connectivity index (χ4n) is 10.0. The van der Waals surface area contributed by atoms with Crippen LogP contribution in [0.3, 0.4) is 0 Å². The zero-order chi connectivity index (χ0) is 64.6. The van der Waals surface area contributed by atoms with Crippen LogP contribution >= 0.6 is 68.0 Å². The first-order chi connectivity index (χ1) is 43.7. The number of nitrogens with zero attached hydrogens (tertiary/aromatic N) is 8. The van der Waals surface area contributed by atoms with E-state index in [1.165, 1.54) is 30.4 Å². The van der Waals surface area contributed by atoms with E-state index < -0.39 is 90.4 Å². The third-order valence-electron chi connectivity index (χ3n) is 14.8. The monoisotopic (exact) mass is 1350 g/mol. The number of aliphatic carboxylic acids is 2. The molecular weight excluding hydrogens is 1290 g/mol. The van der Waals surface area contributed by atoms with Crippen LogP contribution in [-0.4, -0.2) is 131 Å². The molecule has 10 bridgehead atoms. The molecule has 8 heterocycles. The van der Waals surface area contributed by atoms with Gasteiger partial charge in [0.05, 0.1) is 48.1 Å². The van der Waals surface area contributed by atoms with Gasteiger partial charge in [0.15, 0.2) is 0 Å². The van der Waals surface area contributed by atoms with Crippen molar-refractivity contribution in [1.29, 1.82) is 0 Å². The zero-order valence-corrected chi connectivity index (χ0v) is 54.3. The van der Waals surface area contributed by atoms with Gasteiger partial charge in [-0.25, -0.2) is 39.7 Å². The van der Waals surface area contributed by atoms with Crippen LogP contribution in [0.5, 0.6) is 0 Å². The molecule has 26 nitrogen and oxygen atoms in total. The van der Waals surface area contributed by atoms with Crippen LogP contribution in [0.15, 0.2) is 64.0 Å². The Hall–Kier alpha value is -8.37. The van der Waals surface area contributed by atoms with E-state index in [4.69, 9.17) is 44.4 Å². The lowest BCUT2D eigenvalue weighted by molar-refractivity contribution is -0.143. The predicted molar refractivity (Wildman–Crippen MR) is 341 cm³/mol. The van der Waals surface area contributed by atoms with Crippen LogP contribution in [0.2, 0.25) is 0 Å². The minimum absolute atomic E-state index is 0.0149. The summed E-state index contributed by atoms with van der Waals surface area (Å²) in [5.41, 5.74) is 2.29. The molecule has 1 aliphatic heterocycles. The highest BCUT2D eigenvalue weighted by Gasteiger charge is 2.35. The van der Waals surface area contributed by atoms with Crippen molar-refractivity contribution >= 4 is 121 Å². The average molecular weight is 1350 g/mol. The molecule has 0 spiro atoms. The summed E-state index contributed by atoms with van der Waals surface area (Å²) in [5.74, 6) is -5.61. The average Bonchev–Trinajstić information content (AvgIpc) is 1.75. The molecule has 0 saturated heterocycles. The van der Waals surface area contributed by atoms with Gasteiger partial charge >= 0.3 is 18.0 Å². The number of rotatable bonds is 15. The quantitative estimate of drug-likeness (QED) is 0.0475. The Labute approximate surface area is 544 Å². The smallest absolute Gasteiger partial charge is 0.415 e. The Bertz CT molecular complexity index is 4000. The molecule has 1 aromatic carbocycles. The lowest BCUT2D eigenvalue weighted by atomic mass is 9.87. The second-order valence-corrected chi connectivity index (χ2v) is 27.3. The molecule has 2 aliphatic rings. The van der Waals surface area contributed by atoms with E-state index in [1.54, 1.807) is 70.9 Å². The highest BCUT2D eigenvalue weighted by atomic mass is 32.1. The molecule has 4 atom stereocenters. The van der Waals surface area contributed by atoms with E-state index in [1.807, 2.05) is 13.8 Å². The summed E-state index contributed by atoms with van der Waals surface area (Å²) in [7, 11) is 2.92. The molecule has 10 rings (SSSR count). The molecule has 1 aliphatic carbocycles. The summed E-state index contributed by atoms with van der Waals surface area (Å²) >= 11 is 6.96. The number of methoxy groups -OCH3 is 1. The van der Waals surface area contributed by atoms with Gasteiger partial charge in [0.2, 0.25) is 11.8 Å². The first-order valence-electron chi connectivity index (χ1n) is 28.6. The summed E-state index contributed by atoms with van der Waals surface area (Å²) in [4.78, 5) is 143. The van der Waals surface area contributed by atoms with Crippen molar-refractivity contribution in [2.75, 3.05) is 32.1 Å². The van der Waals surface area contributed by atoms with Gasteiger partial charge in [-0.05, 0) is 62.6 Å². The number of aliphatic hydroxyl groups excluding tert-OH is 1. The summed E-state index contributed by atoms with van der Waals surface area (Å²) in [6.45, 7) is 4.83. The summed E-state index contributed by atoms with van der Waals surface area (Å²) in [6.07, 6.45) is -1.68. The van der Waals surface area contributed by atoms with E-state index >= 15 is 0 Å². The zero-order valence-electron chi connectivity index (χ0n) is 49.4. The Morgan fingerprint density at radius 3 is 2.13 bits per heavy atom.